The van der Waals surface area contributed by atoms with Crippen LogP contribution in [-0.4, -0.2) is 13.1 Å². The van der Waals surface area contributed by atoms with E-state index in [1.807, 2.05) is 0 Å². The summed E-state index contributed by atoms with van der Waals surface area (Å²) in [5, 5.41) is 3.40. The first-order chi connectivity index (χ1) is 5.58. The van der Waals surface area contributed by atoms with Gasteiger partial charge in [-0.3, -0.25) is 0 Å². The molecule has 0 unspecified atom stereocenters. The minimum absolute atomic E-state index is 0.562. The van der Waals surface area contributed by atoms with Crippen molar-refractivity contribution in [1.82, 2.24) is 5.32 Å². The molecular weight excluding hydrogens is 146 g/mol. The zero-order valence-electron chi connectivity index (χ0n) is 9.04. The molecule has 72 valence electrons. The summed E-state index contributed by atoms with van der Waals surface area (Å²) in [6, 6.07) is 0. The van der Waals surface area contributed by atoms with Crippen molar-refractivity contribution >= 4 is 0 Å². The van der Waals surface area contributed by atoms with Gasteiger partial charge in [-0.15, -0.1) is 0 Å². The van der Waals surface area contributed by atoms with E-state index in [0.717, 1.165) is 0 Å². The maximum Gasteiger partial charge on any atom is 0.00228 e. The summed E-state index contributed by atoms with van der Waals surface area (Å²) in [5.41, 5.74) is 1.13. The molecule has 12 heavy (non-hydrogen) atoms. The maximum absolute atomic E-state index is 3.40. The molecule has 1 atom stereocenters. The van der Waals surface area contributed by atoms with E-state index in [1.165, 1.54) is 32.4 Å². The summed E-state index contributed by atoms with van der Waals surface area (Å²) in [5.74, 6) is 0. The summed E-state index contributed by atoms with van der Waals surface area (Å²) in [4.78, 5) is 0. The standard InChI is InChI=1S/C11H23N/c1-5-7-10(3,6-2)11(4)8-12-9-11/h12H,5-9H2,1-4H3/t10-/m0/s1. The van der Waals surface area contributed by atoms with Crippen molar-refractivity contribution in [2.24, 2.45) is 10.8 Å². The van der Waals surface area contributed by atoms with Gasteiger partial charge in [0.25, 0.3) is 0 Å². The molecule has 0 aromatic carbocycles. The SMILES string of the molecule is CCC[C@](C)(CC)C1(C)CNC1. The zero-order chi connectivity index (χ0) is 9.24. The molecule has 0 amide bonds. The van der Waals surface area contributed by atoms with Crippen LogP contribution in [-0.2, 0) is 0 Å². The van der Waals surface area contributed by atoms with Crippen LogP contribution in [0.1, 0.15) is 47.0 Å². The first-order valence-corrected chi connectivity index (χ1v) is 5.29. The van der Waals surface area contributed by atoms with Gasteiger partial charge in [0, 0.05) is 13.1 Å². The lowest BCUT2D eigenvalue weighted by molar-refractivity contribution is 0.00235. The number of hydrogen-bond donors (Lipinski definition) is 1. The van der Waals surface area contributed by atoms with Crippen LogP contribution in [0.25, 0.3) is 0 Å². The highest BCUT2D eigenvalue weighted by molar-refractivity contribution is 5.00. The fourth-order valence-corrected chi connectivity index (χ4v) is 2.38. The maximum atomic E-state index is 3.40. The third-order valence-electron chi connectivity index (χ3n) is 4.07. The largest absolute Gasteiger partial charge is 0.316 e. The Hall–Kier alpha value is -0.0400. The van der Waals surface area contributed by atoms with Crippen molar-refractivity contribution in [3.8, 4) is 0 Å². The van der Waals surface area contributed by atoms with Gasteiger partial charge >= 0.3 is 0 Å². The van der Waals surface area contributed by atoms with Gasteiger partial charge in [0.15, 0.2) is 0 Å². The number of rotatable bonds is 4. The van der Waals surface area contributed by atoms with Crippen LogP contribution in [0.3, 0.4) is 0 Å². The summed E-state index contributed by atoms with van der Waals surface area (Å²) < 4.78 is 0. The predicted molar refractivity (Wildman–Crippen MR) is 54.3 cm³/mol. The Morgan fingerprint density at radius 3 is 2.17 bits per heavy atom. The summed E-state index contributed by atoms with van der Waals surface area (Å²) in [6.07, 6.45) is 4.01. The molecule has 0 radical (unpaired) electrons. The van der Waals surface area contributed by atoms with Crippen LogP contribution in [0, 0.1) is 10.8 Å². The molecule has 0 aliphatic carbocycles. The second kappa shape index (κ2) is 3.37. The normalized spacial score (nSPS) is 26.0. The Balaban J connectivity index is 2.64. The first kappa shape index (κ1) is 10.0. The minimum atomic E-state index is 0.562. The molecule has 1 heteroatoms. The first-order valence-electron chi connectivity index (χ1n) is 5.29. The second-order valence-electron chi connectivity index (χ2n) is 4.83. The second-order valence-corrected chi connectivity index (χ2v) is 4.83. The van der Waals surface area contributed by atoms with Crippen molar-refractivity contribution in [2.45, 2.75) is 47.0 Å². The molecule has 1 nitrogen and oxygen atoms in total. The molecule has 0 saturated carbocycles. The molecule has 1 fully saturated rings. The predicted octanol–water partition coefficient (Wildman–Crippen LogP) is 2.81. The lowest BCUT2D eigenvalue weighted by Gasteiger charge is -2.53. The zero-order valence-corrected chi connectivity index (χ0v) is 9.04. The van der Waals surface area contributed by atoms with Gasteiger partial charge in [-0.25, -0.2) is 0 Å². The highest BCUT2D eigenvalue weighted by atomic mass is 15.0. The van der Waals surface area contributed by atoms with Crippen LogP contribution in [0.2, 0.25) is 0 Å². The van der Waals surface area contributed by atoms with Crippen LogP contribution >= 0.6 is 0 Å². The summed E-state index contributed by atoms with van der Waals surface area (Å²) in [7, 11) is 0. The van der Waals surface area contributed by atoms with Gasteiger partial charge in [0.1, 0.15) is 0 Å². The van der Waals surface area contributed by atoms with E-state index in [9.17, 15) is 0 Å². The van der Waals surface area contributed by atoms with E-state index in [2.05, 4.69) is 33.0 Å². The van der Waals surface area contributed by atoms with Gasteiger partial charge in [-0.2, -0.15) is 0 Å². The van der Waals surface area contributed by atoms with E-state index in [1.54, 1.807) is 0 Å². The average Bonchev–Trinajstić information content (AvgIpc) is 2.00. The topological polar surface area (TPSA) is 12.0 Å². The van der Waals surface area contributed by atoms with E-state index in [4.69, 9.17) is 0 Å². The Bertz CT molecular complexity index is 149. The Morgan fingerprint density at radius 1 is 1.33 bits per heavy atom. The quantitative estimate of drug-likeness (QED) is 0.682. The smallest absolute Gasteiger partial charge is 0.00228 e. The third-order valence-corrected chi connectivity index (χ3v) is 4.07. The molecule has 1 N–H and O–H groups in total. The van der Waals surface area contributed by atoms with E-state index in [-0.39, 0.29) is 0 Å². The van der Waals surface area contributed by atoms with Crippen LogP contribution < -0.4 is 5.32 Å². The molecular formula is C11H23N. The van der Waals surface area contributed by atoms with Crippen molar-refractivity contribution in [3.05, 3.63) is 0 Å². The average molecular weight is 169 g/mol. The number of nitrogens with one attached hydrogen (secondary N) is 1. The fraction of sp³-hybridized carbons (Fsp3) is 1.00. The molecule has 1 aliphatic rings. The van der Waals surface area contributed by atoms with Crippen molar-refractivity contribution in [1.29, 1.82) is 0 Å². The molecule has 1 heterocycles. The summed E-state index contributed by atoms with van der Waals surface area (Å²) >= 11 is 0. The Kier molecular flexibility index (Phi) is 2.82. The molecule has 0 spiro atoms. The third kappa shape index (κ3) is 1.39. The monoisotopic (exact) mass is 169 g/mol. The van der Waals surface area contributed by atoms with Crippen LogP contribution in [0.5, 0.6) is 0 Å². The van der Waals surface area contributed by atoms with Crippen molar-refractivity contribution in [3.63, 3.8) is 0 Å². The molecule has 0 aromatic heterocycles. The fourth-order valence-electron chi connectivity index (χ4n) is 2.38. The lowest BCUT2D eigenvalue weighted by Crippen LogP contribution is -2.59. The molecule has 0 aromatic rings. The van der Waals surface area contributed by atoms with Crippen LogP contribution in [0.15, 0.2) is 0 Å². The van der Waals surface area contributed by atoms with Gasteiger partial charge < -0.3 is 5.32 Å². The highest BCUT2D eigenvalue weighted by Crippen LogP contribution is 2.47. The van der Waals surface area contributed by atoms with E-state index < -0.39 is 0 Å². The molecule has 1 rings (SSSR count). The van der Waals surface area contributed by atoms with E-state index in [0.29, 0.717) is 10.8 Å². The molecule has 0 bridgehead atoms. The minimum Gasteiger partial charge on any atom is -0.316 e. The van der Waals surface area contributed by atoms with E-state index >= 15 is 0 Å². The highest BCUT2D eigenvalue weighted by Gasteiger charge is 2.46. The van der Waals surface area contributed by atoms with Gasteiger partial charge in [0.05, 0.1) is 0 Å². The number of hydrogen-bond acceptors (Lipinski definition) is 1. The lowest BCUT2D eigenvalue weighted by atomic mass is 9.59. The Morgan fingerprint density at radius 2 is 1.92 bits per heavy atom. The Labute approximate surface area is 76.9 Å². The summed E-state index contributed by atoms with van der Waals surface area (Å²) in [6.45, 7) is 12.0. The molecule has 1 saturated heterocycles. The molecule has 1 aliphatic heterocycles. The van der Waals surface area contributed by atoms with Crippen molar-refractivity contribution < 1.29 is 0 Å². The van der Waals surface area contributed by atoms with Gasteiger partial charge in [-0.05, 0) is 17.3 Å². The van der Waals surface area contributed by atoms with Gasteiger partial charge in [0.2, 0.25) is 0 Å². The van der Waals surface area contributed by atoms with Crippen LogP contribution in [0.4, 0.5) is 0 Å². The van der Waals surface area contributed by atoms with Gasteiger partial charge in [-0.1, -0.05) is 40.5 Å². The van der Waals surface area contributed by atoms with Crippen molar-refractivity contribution in [2.75, 3.05) is 13.1 Å².